The van der Waals surface area contributed by atoms with Gasteiger partial charge in [0.2, 0.25) is 0 Å². The summed E-state index contributed by atoms with van der Waals surface area (Å²) >= 11 is 0. The molecule has 3 aromatic rings. The number of benzene rings is 3. The van der Waals surface area contributed by atoms with E-state index in [1.165, 1.54) is 11.4 Å². The van der Waals surface area contributed by atoms with Crippen LogP contribution >= 0.6 is 0 Å². The standard InChI is InChI=1S/C14H12N2.C10H10N2.Ir/c1-15-11-16(12-7-3-2-4-8-12)14-10-6-5-9-13(14)15;1-11-7-8-12(9-11)10-5-3-2-4-6-10;/h2-7,9-11H,1H3;2-5,7-9H,1H3;/q2*-2;. The van der Waals surface area contributed by atoms with Crippen LogP contribution in [0.4, 0.5) is 22.7 Å². The number of anilines is 4. The number of fused-ring (bicyclic) bond motifs is 1. The maximum atomic E-state index is 3.24. The van der Waals surface area contributed by atoms with Gasteiger partial charge in [-0.1, -0.05) is 12.1 Å². The van der Waals surface area contributed by atoms with Gasteiger partial charge in [0.15, 0.2) is 0 Å². The summed E-state index contributed by atoms with van der Waals surface area (Å²) < 4.78 is 0. The molecule has 0 spiro atoms. The number of nitrogens with zero attached hydrogens (tertiary/aromatic N) is 4. The van der Waals surface area contributed by atoms with Gasteiger partial charge in [0.25, 0.3) is 0 Å². The fraction of sp³-hybridized carbons (Fsp3) is 0.0833. The molecule has 0 saturated heterocycles. The average Bonchev–Trinajstić information content (AvgIpc) is 3.34. The molecule has 2 aliphatic heterocycles. The predicted octanol–water partition coefficient (Wildman–Crippen LogP) is 5.02. The second-order valence-corrected chi connectivity index (χ2v) is 6.57. The molecule has 0 amide bonds. The summed E-state index contributed by atoms with van der Waals surface area (Å²) in [5.41, 5.74) is 4.56. The van der Waals surface area contributed by atoms with Gasteiger partial charge in [-0.2, -0.15) is 74.0 Å². The molecule has 0 aliphatic carbocycles. The minimum Gasteiger partial charge on any atom is -0.510 e. The third-order valence-corrected chi connectivity index (χ3v) is 4.50. The van der Waals surface area contributed by atoms with E-state index in [0.717, 1.165) is 11.4 Å². The topological polar surface area (TPSA) is 13.0 Å². The normalized spacial score (nSPS) is 14.3. The quantitative estimate of drug-likeness (QED) is 0.410. The Morgan fingerprint density at radius 2 is 1.31 bits per heavy atom. The van der Waals surface area contributed by atoms with Crippen LogP contribution in [0, 0.1) is 25.5 Å². The van der Waals surface area contributed by atoms with Crippen LogP contribution in [-0.2, 0) is 20.1 Å². The second kappa shape index (κ2) is 9.64. The van der Waals surface area contributed by atoms with Gasteiger partial charge >= 0.3 is 0 Å². The van der Waals surface area contributed by atoms with Crippen LogP contribution in [0.25, 0.3) is 0 Å². The molecule has 0 fully saturated rings. The van der Waals surface area contributed by atoms with Crippen molar-refractivity contribution >= 4 is 22.7 Å². The number of hydrogen-bond donors (Lipinski definition) is 0. The fourth-order valence-corrected chi connectivity index (χ4v) is 3.13. The van der Waals surface area contributed by atoms with Gasteiger partial charge in [0, 0.05) is 31.5 Å². The van der Waals surface area contributed by atoms with Crippen LogP contribution in [0.3, 0.4) is 0 Å². The van der Waals surface area contributed by atoms with E-state index in [2.05, 4.69) is 66.0 Å². The maximum Gasteiger partial charge on any atom is 0.0326 e. The van der Waals surface area contributed by atoms with Crippen molar-refractivity contribution in [3.05, 3.63) is 111 Å². The van der Waals surface area contributed by atoms with Crippen LogP contribution < -0.4 is 14.7 Å². The summed E-state index contributed by atoms with van der Waals surface area (Å²) in [6.45, 7) is 4.09. The largest absolute Gasteiger partial charge is 0.510 e. The Hall–Kier alpha value is -2.75. The number of hydrogen-bond acceptors (Lipinski definition) is 4. The summed E-state index contributed by atoms with van der Waals surface area (Å²) in [6, 6.07) is 30.7. The van der Waals surface area contributed by atoms with Gasteiger partial charge in [-0.05, 0) is 38.6 Å². The number of rotatable bonds is 2. The van der Waals surface area contributed by atoms with E-state index < -0.39 is 0 Å². The Kier molecular flexibility index (Phi) is 6.97. The van der Waals surface area contributed by atoms with E-state index in [0.29, 0.717) is 0 Å². The summed E-state index contributed by atoms with van der Waals surface area (Å²) in [5.74, 6) is 0. The number of para-hydroxylation sites is 4. The minimum atomic E-state index is 0. The molecule has 0 bridgehead atoms. The molecule has 4 nitrogen and oxygen atoms in total. The fourth-order valence-electron chi connectivity index (χ4n) is 3.13. The summed E-state index contributed by atoms with van der Waals surface area (Å²) in [7, 11) is 4.06. The molecule has 2 heterocycles. The van der Waals surface area contributed by atoms with E-state index in [1.807, 2.05) is 78.4 Å². The van der Waals surface area contributed by atoms with Gasteiger partial charge in [0.05, 0.1) is 0 Å². The monoisotopic (exact) mass is 559 g/mol. The maximum absolute atomic E-state index is 3.24. The first-order valence-corrected chi connectivity index (χ1v) is 9.15. The molecule has 1 radical (unpaired) electrons. The first-order valence-electron chi connectivity index (χ1n) is 9.15. The first-order chi connectivity index (χ1) is 13.7. The van der Waals surface area contributed by atoms with Gasteiger partial charge in [-0.15, -0.1) is 11.4 Å². The Labute approximate surface area is 187 Å². The average molecular weight is 559 g/mol. The van der Waals surface area contributed by atoms with Crippen molar-refractivity contribution in [3.8, 4) is 0 Å². The van der Waals surface area contributed by atoms with Crippen molar-refractivity contribution < 1.29 is 20.1 Å². The third-order valence-electron chi connectivity index (χ3n) is 4.50. The second-order valence-electron chi connectivity index (χ2n) is 6.57. The van der Waals surface area contributed by atoms with Crippen molar-refractivity contribution in [2.45, 2.75) is 0 Å². The van der Waals surface area contributed by atoms with E-state index >= 15 is 0 Å². The molecule has 5 rings (SSSR count). The van der Waals surface area contributed by atoms with E-state index in [-0.39, 0.29) is 20.1 Å². The minimum absolute atomic E-state index is 0. The Balaban J connectivity index is 0.000000167. The van der Waals surface area contributed by atoms with Gasteiger partial charge in [-0.25, -0.2) is 0 Å². The van der Waals surface area contributed by atoms with Crippen molar-refractivity contribution in [2.75, 3.05) is 28.8 Å². The molecule has 5 heteroatoms. The summed E-state index contributed by atoms with van der Waals surface area (Å²) in [4.78, 5) is 8.30. The Morgan fingerprint density at radius 1 is 0.690 bits per heavy atom. The molecule has 151 valence electrons. The smallest absolute Gasteiger partial charge is 0.0326 e. The van der Waals surface area contributed by atoms with Crippen LogP contribution in [0.5, 0.6) is 0 Å². The van der Waals surface area contributed by atoms with Crippen molar-refractivity contribution in [2.24, 2.45) is 0 Å². The molecule has 0 saturated carbocycles. The molecule has 0 atom stereocenters. The zero-order valence-electron chi connectivity index (χ0n) is 16.4. The molecular formula is C24H22IrN4-4. The molecule has 0 N–H and O–H groups in total. The summed E-state index contributed by atoms with van der Waals surface area (Å²) in [5, 5.41) is 0. The third kappa shape index (κ3) is 4.81. The van der Waals surface area contributed by atoms with Crippen LogP contribution in [0.2, 0.25) is 0 Å². The zero-order chi connectivity index (χ0) is 19.3. The van der Waals surface area contributed by atoms with Crippen LogP contribution in [0.15, 0.2) is 85.2 Å². The first kappa shape index (κ1) is 21.0. The molecule has 29 heavy (non-hydrogen) atoms. The van der Waals surface area contributed by atoms with E-state index in [4.69, 9.17) is 0 Å². The van der Waals surface area contributed by atoms with E-state index in [1.54, 1.807) is 0 Å². The van der Waals surface area contributed by atoms with Gasteiger partial charge in [-0.3, -0.25) is 0 Å². The van der Waals surface area contributed by atoms with Crippen molar-refractivity contribution in [3.63, 3.8) is 0 Å². The van der Waals surface area contributed by atoms with E-state index in [9.17, 15) is 0 Å². The van der Waals surface area contributed by atoms with Crippen LogP contribution in [0.1, 0.15) is 0 Å². The molecule has 0 aromatic heterocycles. The van der Waals surface area contributed by atoms with Crippen LogP contribution in [-0.4, -0.2) is 19.0 Å². The molecular weight excluding hydrogens is 537 g/mol. The molecule has 3 aromatic carbocycles. The Bertz CT molecular complexity index is 930. The molecule has 2 aliphatic rings. The SMILES string of the molecule is CN1C=CN(c2[c-]cccc2)[CH-]1.CN1[CH-]N(c2[c-]cccc2)c2ccccc21.[Ir]. The summed E-state index contributed by atoms with van der Waals surface area (Å²) in [6.07, 6.45) is 4.01. The zero-order valence-corrected chi connectivity index (χ0v) is 18.8. The van der Waals surface area contributed by atoms with Gasteiger partial charge < -0.3 is 19.6 Å². The van der Waals surface area contributed by atoms with Gasteiger partial charge in [0.1, 0.15) is 0 Å². The van der Waals surface area contributed by atoms with Crippen molar-refractivity contribution in [1.29, 1.82) is 0 Å². The predicted molar refractivity (Wildman–Crippen MR) is 116 cm³/mol. The Morgan fingerprint density at radius 3 is 1.90 bits per heavy atom. The van der Waals surface area contributed by atoms with Crippen molar-refractivity contribution in [1.82, 2.24) is 4.90 Å². The molecule has 0 unspecified atom stereocenters.